The molecular formula is C10H13N3O. The predicted molar refractivity (Wildman–Crippen MR) is 52.7 cm³/mol. The molecule has 0 radical (unpaired) electrons. The normalized spacial score (nSPS) is 12.1. The lowest BCUT2D eigenvalue weighted by Crippen LogP contribution is -2.27. The van der Waals surface area contributed by atoms with Gasteiger partial charge < -0.3 is 0 Å². The van der Waals surface area contributed by atoms with Crippen LogP contribution in [-0.2, 0) is 6.54 Å². The number of hydrogen-bond donors (Lipinski definition) is 0. The fourth-order valence-corrected chi connectivity index (χ4v) is 1.31. The van der Waals surface area contributed by atoms with Crippen molar-refractivity contribution in [3.8, 4) is 6.07 Å². The minimum absolute atomic E-state index is 0.170. The Balaban J connectivity index is 3.11. The summed E-state index contributed by atoms with van der Waals surface area (Å²) >= 11 is 0. The van der Waals surface area contributed by atoms with Gasteiger partial charge in [0.05, 0.1) is 12.0 Å². The monoisotopic (exact) mass is 191 g/mol. The van der Waals surface area contributed by atoms with Crippen molar-refractivity contribution in [2.75, 3.05) is 0 Å². The summed E-state index contributed by atoms with van der Waals surface area (Å²) in [4.78, 5) is 15.3. The first kappa shape index (κ1) is 10.5. The second-order valence-electron chi connectivity index (χ2n) is 3.46. The molecule has 1 atom stereocenters. The zero-order valence-corrected chi connectivity index (χ0v) is 8.61. The zero-order chi connectivity index (χ0) is 10.7. The van der Waals surface area contributed by atoms with Crippen molar-refractivity contribution in [2.24, 2.45) is 5.92 Å². The van der Waals surface area contributed by atoms with E-state index in [0.29, 0.717) is 12.2 Å². The van der Waals surface area contributed by atoms with Gasteiger partial charge in [0, 0.05) is 17.9 Å². The van der Waals surface area contributed by atoms with Crippen molar-refractivity contribution in [3.63, 3.8) is 0 Å². The molecule has 0 spiro atoms. The molecule has 0 aliphatic rings. The van der Waals surface area contributed by atoms with Gasteiger partial charge in [-0.1, -0.05) is 0 Å². The van der Waals surface area contributed by atoms with E-state index >= 15 is 0 Å². The highest BCUT2D eigenvalue weighted by molar-refractivity contribution is 5.06. The number of nitriles is 1. The van der Waals surface area contributed by atoms with Crippen molar-refractivity contribution in [3.05, 3.63) is 27.9 Å². The van der Waals surface area contributed by atoms with Crippen molar-refractivity contribution in [1.29, 1.82) is 5.26 Å². The van der Waals surface area contributed by atoms with Crippen LogP contribution in [0.15, 0.2) is 10.9 Å². The quantitative estimate of drug-likeness (QED) is 0.701. The van der Waals surface area contributed by atoms with Crippen molar-refractivity contribution >= 4 is 0 Å². The molecule has 14 heavy (non-hydrogen) atoms. The fourth-order valence-electron chi connectivity index (χ4n) is 1.31. The predicted octanol–water partition coefficient (Wildman–Crippen LogP) is 1.02. The van der Waals surface area contributed by atoms with Crippen LogP contribution >= 0.6 is 0 Å². The Morgan fingerprint density at radius 3 is 2.79 bits per heavy atom. The van der Waals surface area contributed by atoms with E-state index in [0.717, 1.165) is 5.69 Å². The third-order valence-electron chi connectivity index (χ3n) is 2.02. The Kier molecular flexibility index (Phi) is 3.03. The second kappa shape index (κ2) is 4.05. The van der Waals surface area contributed by atoms with E-state index in [9.17, 15) is 4.79 Å². The van der Waals surface area contributed by atoms with Gasteiger partial charge in [-0.05, 0) is 26.8 Å². The molecule has 0 amide bonds. The highest BCUT2D eigenvalue weighted by atomic mass is 16.1. The van der Waals surface area contributed by atoms with E-state index in [4.69, 9.17) is 5.26 Å². The molecule has 0 aliphatic carbocycles. The Labute approximate surface area is 82.8 Å². The maximum absolute atomic E-state index is 11.5. The lowest BCUT2D eigenvalue weighted by Gasteiger charge is -2.10. The summed E-state index contributed by atoms with van der Waals surface area (Å²) in [5.74, 6) is -0.170. The van der Waals surface area contributed by atoms with E-state index < -0.39 is 0 Å². The van der Waals surface area contributed by atoms with Gasteiger partial charge >= 0.3 is 5.69 Å². The summed E-state index contributed by atoms with van der Waals surface area (Å²) in [6.45, 7) is 5.83. The Morgan fingerprint density at radius 2 is 2.29 bits per heavy atom. The molecule has 4 nitrogen and oxygen atoms in total. The summed E-state index contributed by atoms with van der Waals surface area (Å²) < 4.78 is 1.53. The molecule has 1 aromatic heterocycles. The molecule has 0 saturated carbocycles. The van der Waals surface area contributed by atoms with E-state index in [-0.39, 0.29) is 11.6 Å². The summed E-state index contributed by atoms with van der Waals surface area (Å²) in [6, 6.07) is 3.93. The first-order valence-electron chi connectivity index (χ1n) is 4.49. The van der Waals surface area contributed by atoms with E-state index in [2.05, 4.69) is 11.1 Å². The van der Waals surface area contributed by atoms with Gasteiger partial charge in [-0.15, -0.1) is 0 Å². The SMILES string of the molecule is Cc1cc(C)n(CC(C)C#N)c(=O)n1. The molecule has 0 saturated heterocycles. The van der Waals surface area contributed by atoms with Crippen LogP contribution in [0.4, 0.5) is 0 Å². The lowest BCUT2D eigenvalue weighted by atomic mass is 10.2. The molecule has 0 N–H and O–H groups in total. The maximum atomic E-state index is 11.5. The van der Waals surface area contributed by atoms with E-state index in [1.165, 1.54) is 4.57 Å². The summed E-state index contributed by atoms with van der Waals surface area (Å²) in [5, 5.41) is 8.65. The molecular weight excluding hydrogens is 178 g/mol. The molecule has 4 heteroatoms. The Morgan fingerprint density at radius 1 is 1.64 bits per heavy atom. The van der Waals surface area contributed by atoms with Gasteiger partial charge in [-0.25, -0.2) is 4.79 Å². The first-order chi connectivity index (χ1) is 6.54. The number of nitrogens with zero attached hydrogens (tertiary/aromatic N) is 3. The van der Waals surface area contributed by atoms with E-state index in [1.54, 1.807) is 13.8 Å². The van der Waals surface area contributed by atoms with Crippen molar-refractivity contribution in [1.82, 2.24) is 9.55 Å². The largest absolute Gasteiger partial charge is 0.347 e. The molecule has 1 rings (SSSR count). The summed E-state index contributed by atoms with van der Waals surface area (Å²) in [7, 11) is 0. The lowest BCUT2D eigenvalue weighted by molar-refractivity contribution is 0.539. The first-order valence-corrected chi connectivity index (χ1v) is 4.49. The highest BCUT2D eigenvalue weighted by Gasteiger charge is 2.06. The van der Waals surface area contributed by atoms with Crippen LogP contribution in [0.25, 0.3) is 0 Å². The topological polar surface area (TPSA) is 58.7 Å². The average Bonchev–Trinajstić information content (AvgIpc) is 2.10. The molecule has 1 heterocycles. The summed E-state index contributed by atoms with van der Waals surface area (Å²) in [5.41, 5.74) is 1.29. The van der Waals surface area contributed by atoms with Crippen LogP contribution in [0.5, 0.6) is 0 Å². The van der Waals surface area contributed by atoms with Crippen molar-refractivity contribution in [2.45, 2.75) is 27.3 Å². The third-order valence-corrected chi connectivity index (χ3v) is 2.02. The molecule has 0 bridgehead atoms. The van der Waals surface area contributed by atoms with Gasteiger partial charge in [-0.2, -0.15) is 10.2 Å². The van der Waals surface area contributed by atoms with Crippen LogP contribution in [0.3, 0.4) is 0 Å². The number of hydrogen-bond acceptors (Lipinski definition) is 3. The van der Waals surface area contributed by atoms with Gasteiger partial charge in [0.2, 0.25) is 0 Å². The van der Waals surface area contributed by atoms with Crippen LogP contribution < -0.4 is 5.69 Å². The van der Waals surface area contributed by atoms with Crippen molar-refractivity contribution < 1.29 is 0 Å². The zero-order valence-electron chi connectivity index (χ0n) is 8.61. The average molecular weight is 191 g/mol. The number of aryl methyl sites for hydroxylation is 2. The van der Waals surface area contributed by atoms with E-state index in [1.807, 2.05) is 13.0 Å². The molecule has 0 fully saturated rings. The third kappa shape index (κ3) is 2.19. The molecule has 0 aromatic carbocycles. The van der Waals surface area contributed by atoms with Crippen LogP contribution in [0, 0.1) is 31.1 Å². The second-order valence-corrected chi connectivity index (χ2v) is 3.46. The van der Waals surface area contributed by atoms with Gasteiger partial charge in [0.15, 0.2) is 0 Å². The minimum atomic E-state index is -0.274. The van der Waals surface area contributed by atoms with Crippen LogP contribution in [0.2, 0.25) is 0 Å². The Bertz CT molecular complexity index is 428. The maximum Gasteiger partial charge on any atom is 0.347 e. The highest BCUT2D eigenvalue weighted by Crippen LogP contribution is 2.01. The Hall–Kier alpha value is -1.63. The van der Waals surface area contributed by atoms with Crippen LogP contribution in [0.1, 0.15) is 18.3 Å². The van der Waals surface area contributed by atoms with Gasteiger partial charge in [0.1, 0.15) is 0 Å². The van der Waals surface area contributed by atoms with Crippen LogP contribution in [-0.4, -0.2) is 9.55 Å². The van der Waals surface area contributed by atoms with Gasteiger partial charge in [-0.3, -0.25) is 4.57 Å². The molecule has 74 valence electrons. The smallest absolute Gasteiger partial charge is 0.295 e. The molecule has 1 aromatic rings. The summed E-state index contributed by atoms with van der Waals surface area (Å²) in [6.07, 6.45) is 0. The van der Waals surface area contributed by atoms with Gasteiger partial charge in [0.25, 0.3) is 0 Å². The minimum Gasteiger partial charge on any atom is -0.295 e. The fraction of sp³-hybridized carbons (Fsp3) is 0.500. The molecule has 0 aliphatic heterocycles. The molecule has 1 unspecified atom stereocenters. The number of rotatable bonds is 2. The number of aromatic nitrogens is 2. The standard InChI is InChI=1S/C10H13N3O/c1-7(5-11)6-13-9(3)4-8(2)12-10(13)14/h4,7H,6H2,1-3H3.